The third-order valence-electron chi connectivity index (χ3n) is 5.77. The van der Waals surface area contributed by atoms with Crippen molar-refractivity contribution < 1.29 is 9.90 Å². The van der Waals surface area contributed by atoms with Crippen molar-refractivity contribution in [1.29, 1.82) is 0 Å². The van der Waals surface area contributed by atoms with E-state index in [-0.39, 0.29) is 11.2 Å². The minimum atomic E-state index is -0.771. The van der Waals surface area contributed by atoms with E-state index < -0.39 is 11.6 Å². The number of nitrogens with zero attached hydrogens (tertiary/aromatic N) is 2. The number of hydrogen-bond acceptors (Lipinski definition) is 6. The van der Waals surface area contributed by atoms with E-state index in [2.05, 4.69) is 4.98 Å². The van der Waals surface area contributed by atoms with E-state index in [4.69, 9.17) is 17.3 Å². The molecule has 1 spiro atoms. The highest BCUT2D eigenvalue weighted by Crippen LogP contribution is 2.48. The summed E-state index contributed by atoms with van der Waals surface area (Å²) in [6.07, 6.45) is 2.77. The van der Waals surface area contributed by atoms with Crippen LogP contribution in [0, 0.1) is 10.8 Å². The molecule has 2 atom stereocenters. The van der Waals surface area contributed by atoms with Crippen LogP contribution in [0.3, 0.4) is 0 Å². The van der Waals surface area contributed by atoms with Gasteiger partial charge in [-0.1, -0.05) is 43.7 Å². The predicted octanol–water partition coefficient (Wildman–Crippen LogP) is 3.99. The molecule has 1 fully saturated rings. The molecule has 2 aliphatic rings. The molecule has 5 nitrogen and oxygen atoms in total. The van der Waals surface area contributed by atoms with Crippen molar-refractivity contribution in [2.24, 2.45) is 16.6 Å². The summed E-state index contributed by atoms with van der Waals surface area (Å²) < 4.78 is 0. The number of aliphatic hydroxyl groups excluding tert-OH is 1. The lowest BCUT2D eigenvalue weighted by Crippen LogP contribution is -2.42. The summed E-state index contributed by atoms with van der Waals surface area (Å²) in [5.41, 5.74) is 7.37. The third kappa shape index (κ3) is 3.50. The highest BCUT2D eigenvalue weighted by atomic mass is 35.5. The second-order valence-electron chi connectivity index (χ2n) is 8.53. The van der Waals surface area contributed by atoms with Crippen molar-refractivity contribution in [2.45, 2.75) is 32.9 Å². The Hall–Kier alpha value is -1.73. The number of rotatable bonds is 3. The lowest BCUT2D eigenvalue weighted by Gasteiger charge is -2.39. The third-order valence-corrected chi connectivity index (χ3v) is 6.93. The van der Waals surface area contributed by atoms with Crippen LogP contribution in [0.25, 0.3) is 10.6 Å². The Morgan fingerprint density at radius 3 is 2.71 bits per heavy atom. The molecule has 1 aromatic heterocycles. The standard InChI is InChI=1S/C21H24ClN3O2S/c1-20(2)11-21(9-15(23)17(20)26)7-8-25(12-21)19(27)16-10-28-18(24-16)13-3-5-14(22)6-4-13/h3-6,9-10,19,27H,7-8,11-12,23H2,1-2H3/t19?,21-/m0/s1. The Kier molecular flexibility index (Phi) is 4.86. The van der Waals surface area contributed by atoms with Crippen LogP contribution in [0.2, 0.25) is 5.02 Å². The molecular formula is C21H24ClN3O2S. The molecule has 2 heterocycles. The van der Waals surface area contributed by atoms with Crippen LogP contribution < -0.4 is 5.73 Å². The van der Waals surface area contributed by atoms with Crippen molar-refractivity contribution in [1.82, 2.24) is 9.88 Å². The largest absolute Gasteiger partial charge is 0.396 e. The van der Waals surface area contributed by atoms with Crippen molar-refractivity contribution in [3.8, 4) is 10.6 Å². The molecule has 148 valence electrons. The number of benzene rings is 1. The summed E-state index contributed by atoms with van der Waals surface area (Å²) >= 11 is 7.46. The van der Waals surface area contributed by atoms with Gasteiger partial charge in [0.05, 0.1) is 11.4 Å². The highest BCUT2D eigenvalue weighted by molar-refractivity contribution is 7.13. The van der Waals surface area contributed by atoms with Gasteiger partial charge in [0, 0.05) is 39.9 Å². The monoisotopic (exact) mass is 417 g/mol. The van der Waals surface area contributed by atoms with Gasteiger partial charge in [0.2, 0.25) is 0 Å². The fourth-order valence-electron chi connectivity index (χ4n) is 4.51. The average Bonchev–Trinajstić information content (AvgIpc) is 3.27. The number of carbonyl (C=O) groups is 1. The van der Waals surface area contributed by atoms with E-state index in [9.17, 15) is 9.90 Å². The van der Waals surface area contributed by atoms with Gasteiger partial charge in [0.15, 0.2) is 12.0 Å². The van der Waals surface area contributed by atoms with E-state index in [1.54, 1.807) is 0 Å². The summed E-state index contributed by atoms with van der Waals surface area (Å²) in [5, 5.41) is 14.4. The van der Waals surface area contributed by atoms with E-state index in [1.165, 1.54) is 11.3 Å². The van der Waals surface area contributed by atoms with Crippen molar-refractivity contribution >= 4 is 28.7 Å². The summed E-state index contributed by atoms with van der Waals surface area (Å²) in [6.45, 7) is 5.31. The first-order valence-corrected chi connectivity index (χ1v) is 10.6. The molecule has 0 bridgehead atoms. The van der Waals surface area contributed by atoms with Crippen LogP contribution in [-0.4, -0.2) is 33.9 Å². The maximum atomic E-state index is 12.3. The number of hydrogen-bond donors (Lipinski definition) is 2. The maximum absolute atomic E-state index is 12.3. The predicted molar refractivity (Wildman–Crippen MR) is 112 cm³/mol. The van der Waals surface area contributed by atoms with Crippen LogP contribution in [0.4, 0.5) is 0 Å². The molecule has 28 heavy (non-hydrogen) atoms. The molecule has 7 heteroatoms. The number of halogens is 1. The van der Waals surface area contributed by atoms with Gasteiger partial charge in [0.1, 0.15) is 5.01 Å². The van der Waals surface area contributed by atoms with Gasteiger partial charge < -0.3 is 10.8 Å². The van der Waals surface area contributed by atoms with Gasteiger partial charge in [-0.15, -0.1) is 11.3 Å². The van der Waals surface area contributed by atoms with E-state index in [0.29, 0.717) is 23.0 Å². The number of aliphatic hydroxyl groups is 1. The van der Waals surface area contributed by atoms with E-state index in [0.717, 1.165) is 30.0 Å². The van der Waals surface area contributed by atoms with Gasteiger partial charge in [-0.25, -0.2) is 4.98 Å². The molecule has 4 rings (SSSR count). The normalized spacial score (nSPS) is 25.9. The first kappa shape index (κ1) is 19.6. The van der Waals surface area contributed by atoms with Crippen LogP contribution in [0.1, 0.15) is 38.6 Å². The molecule has 0 saturated carbocycles. The SMILES string of the molecule is CC1(C)C[C@@]2(C=C(N)C1=O)CCN(C(O)c1csc(-c3ccc(Cl)cc3)n1)C2. The Balaban J connectivity index is 1.52. The summed E-state index contributed by atoms with van der Waals surface area (Å²) in [5.74, 6) is 0.0178. The maximum Gasteiger partial charge on any atom is 0.183 e. The molecule has 3 N–H and O–H groups in total. The van der Waals surface area contributed by atoms with Gasteiger partial charge in [0.25, 0.3) is 0 Å². The van der Waals surface area contributed by atoms with E-state index >= 15 is 0 Å². The number of Topliss-reactive ketones (excluding diaryl/α,β-unsaturated/α-hetero) is 1. The molecule has 1 saturated heterocycles. The number of aromatic nitrogens is 1. The Morgan fingerprint density at radius 2 is 2.04 bits per heavy atom. The number of carbonyl (C=O) groups excluding carboxylic acids is 1. The Labute approximate surface area is 173 Å². The zero-order chi connectivity index (χ0) is 20.1. The van der Waals surface area contributed by atoms with Gasteiger partial charge in [-0.3, -0.25) is 9.69 Å². The smallest absolute Gasteiger partial charge is 0.183 e. The molecule has 2 aromatic rings. The molecule has 0 amide bonds. The number of thiazole rings is 1. The first-order chi connectivity index (χ1) is 13.2. The van der Waals surface area contributed by atoms with Gasteiger partial charge >= 0.3 is 0 Å². The molecule has 1 unspecified atom stereocenters. The minimum absolute atomic E-state index is 0.0178. The molecule has 1 aliphatic carbocycles. The fourth-order valence-corrected chi connectivity index (χ4v) is 5.48. The number of nitrogens with two attached hydrogens (primary N) is 1. The highest BCUT2D eigenvalue weighted by Gasteiger charge is 2.48. The molecule has 0 radical (unpaired) electrons. The number of ketones is 1. The van der Waals surface area contributed by atoms with Crippen LogP contribution in [0.5, 0.6) is 0 Å². The first-order valence-electron chi connectivity index (χ1n) is 9.36. The topological polar surface area (TPSA) is 79.5 Å². The summed E-state index contributed by atoms with van der Waals surface area (Å²) in [4.78, 5) is 19.0. The zero-order valence-electron chi connectivity index (χ0n) is 16.0. The van der Waals surface area contributed by atoms with Crippen LogP contribution in [0.15, 0.2) is 41.4 Å². The van der Waals surface area contributed by atoms with Gasteiger partial charge in [-0.2, -0.15) is 0 Å². The summed E-state index contributed by atoms with van der Waals surface area (Å²) in [6, 6.07) is 7.52. The summed E-state index contributed by atoms with van der Waals surface area (Å²) in [7, 11) is 0. The van der Waals surface area contributed by atoms with Crippen LogP contribution in [-0.2, 0) is 4.79 Å². The van der Waals surface area contributed by atoms with Crippen molar-refractivity contribution in [3.05, 3.63) is 52.1 Å². The minimum Gasteiger partial charge on any atom is -0.396 e. The van der Waals surface area contributed by atoms with Crippen molar-refractivity contribution in [2.75, 3.05) is 13.1 Å². The zero-order valence-corrected chi connectivity index (χ0v) is 17.6. The molecule has 1 aromatic carbocycles. The van der Waals surface area contributed by atoms with Gasteiger partial charge in [-0.05, 0) is 25.0 Å². The Bertz CT molecular complexity index is 937. The second-order valence-corrected chi connectivity index (χ2v) is 9.82. The Morgan fingerprint density at radius 1 is 1.32 bits per heavy atom. The second kappa shape index (κ2) is 6.95. The fraction of sp³-hybridized carbons (Fsp3) is 0.429. The van der Waals surface area contributed by atoms with Crippen LogP contribution >= 0.6 is 22.9 Å². The average molecular weight is 418 g/mol. The number of allylic oxidation sites excluding steroid dienone is 1. The van der Waals surface area contributed by atoms with E-state index in [1.807, 2.05) is 54.5 Å². The quantitative estimate of drug-likeness (QED) is 0.789. The molecule has 1 aliphatic heterocycles. The number of likely N-dealkylation sites (tertiary alicyclic amines) is 1. The lowest BCUT2D eigenvalue weighted by atomic mass is 9.65. The van der Waals surface area contributed by atoms with Crippen molar-refractivity contribution in [3.63, 3.8) is 0 Å². The lowest BCUT2D eigenvalue weighted by molar-refractivity contribution is -0.125. The molecular weight excluding hydrogens is 394 g/mol.